The van der Waals surface area contributed by atoms with Gasteiger partial charge < -0.3 is 14.9 Å². The van der Waals surface area contributed by atoms with Gasteiger partial charge in [-0.2, -0.15) is 0 Å². The Morgan fingerprint density at radius 1 is 1.28 bits per heavy atom. The number of pyridine rings is 1. The van der Waals surface area contributed by atoms with Crippen molar-refractivity contribution in [1.82, 2.24) is 5.32 Å². The molecule has 7 nitrogen and oxygen atoms in total. The zero-order chi connectivity index (χ0) is 14.0. The highest BCUT2D eigenvalue weighted by atomic mass is 31.2. The molecule has 18 heavy (non-hydrogen) atoms. The lowest BCUT2D eigenvalue weighted by molar-refractivity contribution is -0.693. The maximum absolute atomic E-state index is 10.1. The average molecular weight is 277 g/mol. The fourth-order valence-corrected chi connectivity index (χ4v) is 1.36. The smallest absolute Gasteiger partial charge is 0.339 e. The average Bonchev–Trinajstić information content (AvgIpc) is 2.29. The predicted octanol–water partition coefficient (Wildman–Crippen LogP) is -0.210. The fourth-order valence-electron chi connectivity index (χ4n) is 0.954. The molecular weight excluding hydrogens is 259 g/mol. The van der Waals surface area contributed by atoms with Crippen molar-refractivity contribution < 1.29 is 28.8 Å². The van der Waals surface area contributed by atoms with Gasteiger partial charge in [-0.05, 0) is 6.92 Å². The fraction of sp³-hybridized carbons (Fsp3) is 0.400. The van der Waals surface area contributed by atoms with E-state index in [9.17, 15) is 9.36 Å². The van der Waals surface area contributed by atoms with E-state index in [2.05, 4.69) is 29.2 Å². The molecule has 0 fully saturated rings. The number of rotatable bonds is 5. The Kier molecular flexibility index (Phi) is 8.15. The van der Waals surface area contributed by atoms with Gasteiger partial charge >= 0.3 is 13.6 Å². The molecule has 1 aromatic rings. The van der Waals surface area contributed by atoms with Gasteiger partial charge in [-0.3, -0.25) is 14.7 Å². The monoisotopic (exact) mass is 277 g/mol. The van der Waals surface area contributed by atoms with E-state index >= 15 is 0 Å². The molecule has 102 valence electrons. The molecule has 0 spiro atoms. The highest BCUT2D eigenvalue weighted by Gasteiger charge is 2.11. The SMILES string of the molecule is CC[n+]1ccccc1.O=C(O)CNCP(=O)(O)O. The molecule has 1 rings (SSSR count). The number of nitrogens with zero attached hydrogens (tertiary/aromatic N) is 1. The summed E-state index contributed by atoms with van der Waals surface area (Å²) in [5.74, 6) is -1.14. The first-order valence-corrected chi connectivity index (χ1v) is 7.06. The Morgan fingerprint density at radius 3 is 2.17 bits per heavy atom. The van der Waals surface area contributed by atoms with Crippen LogP contribution in [-0.2, 0) is 15.9 Å². The first-order valence-electron chi connectivity index (χ1n) is 5.26. The summed E-state index contributed by atoms with van der Waals surface area (Å²) in [6, 6.07) is 6.08. The Morgan fingerprint density at radius 2 is 1.83 bits per heavy atom. The minimum atomic E-state index is -4.10. The van der Waals surface area contributed by atoms with Gasteiger partial charge in [0.15, 0.2) is 12.4 Å². The third-order valence-electron chi connectivity index (χ3n) is 1.74. The van der Waals surface area contributed by atoms with E-state index in [1.54, 1.807) is 0 Å². The van der Waals surface area contributed by atoms with Crippen molar-refractivity contribution in [3.8, 4) is 0 Å². The van der Waals surface area contributed by atoms with Gasteiger partial charge in [-0.25, -0.2) is 4.57 Å². The van der Waals surface area contributed by atoms with Crippen LogP contribution in [0.25, 0.3) is 0 Å². The lowest BCUT2D eigenvalue weighted by Crippen LogP contribution is -2.30. The Bertz CT molecular complexity index is 393. The number of aliphatic carboxylic acids is 1. The molecule has 8 heteroatoms. The summed E-state index contributed by atoms with van der Waals surface area (Å²) >= 11 is 0. The van der Waals surface area contributed by atoms with Gasteiger partial charge in [0.1, 0.15) is 6.54 Å². The maximum atomic E-state index is 10.1. The molecule has 0 radical (unpaired) electrons. The van der Waals surface area contributed by atoms with Crippen LogP contribution in [0.4, 0.5) is 0 Å². The maximum Gasteiger partial charge on any atom is 0.339 e. The second-order valence-electron chi connectivity index (χ2n) is 3.35. The van der Waals surface area contributed by atoms with Crippen LogP contribution >= 0.6 is 7.60 Å². The number of aromatic nitrogens is 1. The normalized spacial score (nSPS) is 10.4. The molecule has 1 heterocycles. The zero-order valence-corrected chi connectivity index (χ0v) is 11.0. The number of carbonyl (C=O) groups is 1. The lowest BCUT2D eigenvalue weighted by Gasteiger charge is -2.02. The number of carboxylic acid groups (broad SMARTS) is 1. The van der Waals surface area contributed by atoms with Crippen molar-refractivity contribution in [2.75, 3.05) is 12.8 Å². The number of hydrogen-bond donors (Lipinski definition) is 4. The molecular formula is C10H18N2O5P+. The topological polar surface area (TPSA) is 111 Å². The number of hydrogen-bond acceptors (Lipinski definition) is 3. The summed E-state index contributed by atoms with van der Waals surface area (Å²) in [4.78, 5) is 26.1. The van der Waals surface area contributed by atoms with E-state index in [0.29, 0.717) is 0 Å². The molecule has 0 unspecified atom stereocenters. The summed E-state index contributed by atoms with van der Waals surface area (Å²) in [6.45, 7) is 2.74. The van der Waals surface area contributed by atoms with E-state index < -0.39 is 26.4 Å². The van der Waals surface area contributed by atoms with Crippen LogP contribution < -0.4 is 9.88 Å². The van der Waals surface area contributed by atoms with Crippen molar-refractivity contribution in [2.24, 2.45) is 0 Å². The molecule has 1 aromatic heterocycles. The van der Waals surface area contributed by atoms with Gasteiger partial charge in [-0.15, -0.1) is 0 Å². The molecule has 0 amide bonds. The summed E-state index contributed by atoms with van der Waals surface area (Å²) in [5.41, 5.74) is 0. The second-order valence-corrected chi connectivity index (χ2v) is 4.99. The summed E-state index contributed by atoms with van der Waals surface area (Å²) in [5, 5.41) is 10.1. The molecule has 0 bridgehead atoms. The second kappa shape index (κ2) is 8.77. The number of nitrogens with one attached hydrogen (secondary N) is 1. The quantitative estimate of drug-likeness (QED) is 0.438. The van der Waals surface area contributed by atoms with Crippen molar-refractivity contribution in [1.29, 1.82) is 0 Å². The van der Waals surface area contributed by atoms with Gasteiger partial charge in [0, 0.05) is 12.1 Å². The summed E-state index contributed by atoms with van der Waals surface area (Å²) in [6.07, 6.45) is 3.51. The molecule has 0 saturated heterocycles. The van der Waals surface area contributed by atoms with E-state index in [4.69, 9.17) is 14.9 Å². The van der Waals surface area contributed by atoms with Crippen molar-refractivity contribution in [3.63, 3.8) is 0 Å². The van der Waals surface area contributed by atoms with Crippen LogP contribution in [0.1, 0.15) is 6.92 Å². The first-order chi connectivity index (χ1) is 8.35. The van der Waals surface area contributed by atoms with Crippen LogP contribution in [0.15, 0.2) is 30.6 Å². The minimum absolute atomic E-state index is 0.439. The van der Waals surface area contributed by atoms with Gasteiger partial charge in [0.25, 0.3) is 0 Å². The number of aryl methyl sites for hydroxylation is 1. The number of carboxylic acids is 1. The molecule has 4 N–H and O–H groups in total. The molecule has 0 saturated carbocycles. The van der Waals surface area contributed by atoms with E-state index in [1.165, 1.54) is 0 Å². The zero-order valence-electron chi connectivity index (χ0n) is 10.1. The van der Waals surface area contributed by atoms with Gasteiger partial charge in [-0.1, -0.05) is 6.07 Å². The molecule has 0 aliphatic rings. The minimum Gasteiger partial charge on any atom is -0.480 e. The Balaban J connectivity index is 0.000000327. The standard InChI is InChI=1S/C7H10N.C3H8NO5P/c1-2-8-6-4-3-5-7-8;5-3(6)1-4-2-10(7,8)9/h3-7H,2H2,1H3;4H,1-2H2,(H,5,6)(H2,7,8,9)/q+1;. The van der Waals surface area contributed by atoms with Crippen LogP contribution in [0, 0.1) is 0 Å². The lowest BCUT2D eigenvalue weighted by atomic mass is 10.5. The predicted molar refractivity (Wildman–Crippen MR) is 64.9 cm³/mol. The van der Waals surface area contributed by atoms with Crippen molar-refractivity contribution in [3.05, 3.63) is 30.6 Å². The summed E-state index contributed by atoms with van der Waals surface area (Å²) < 4.78 is 12.2. The van der Waals surface area contributed by atoms with Gasteiger partial charge in [0.05, 0.1) is 12.8 Å². The third kappa shape index (κ3) is 11.2. The summed E-state index contributed by atoms with van der Waals surface area (Å²) in [7, 11) is -4.10. The van der Waals surface area contributed by atoms with Crippen molar-refractivity contribution in [2.45, 2.75) is 13.5 Å². The van der Waals surface area contributed by atoms with Gasteiger partial charge in [0.2, 0.25) is 0 Å². The van der Waals surface area contributed by atoms with E-state index in [1.807, 2.05) is 18.2 Å². The van der Waals surface area contributed by atoms with Crippen LogP contribution in [-0.4, -0.2) is 33.7 Å². The van der Waals surface area contributed by atoms with Crippen molar-refractivity contribution >= 4 is 13.6 Å². The Labute approximate surface area is 105 Å². The molecule has 0 atom stereocenters. The highest BCUT2D eigenvalue weighted by Crippen LogP contribution is 2.31. The Hall–Kier alpha value is -1.27. The van der Waals surface area contributed by atoms with E-state index in [0.717, 1.165) is 6.54 Å². The highest BCUT2D eigenvalue weighted by molar-refractivity contribution is 7.51. The molecule has 0 aliphatic carbocycles. The van der Waals surface area contributed by atoms with E-state index in [-0.39, 0.29) is 0 Å². The molecule has 0 aliphatic heterocycles. The van der Waals surface area contributed by atoms with Crippen LogP contribution in [0.5, 0.6) is 0 Å². The third-order valence-corrected chi connectivity index (χ3v) is 2.37. The first kappa shape index (κ1) is 16.7. The molecule has 0 aromatic carbocycles. The van der Waals surface area contributed by atoms with Crippen LogP contribution in [0.3, 0.4) is 0 Å². The largest absolute Gasteiger partial charge is 0.480 e. The van der Waals surface area contributed by atoms with Crippen LogP contribution in [0.2, 0.25) is 0 Å².